The summed E-state index contributed by atoms with van der Waals surface area (Å²) in [6.07, 6.45) is -0.984. The Morgan fingerprint density at radius 2 is 0.727 bits per heavy atom. The van der Waals surface area contributed by atoms with Crippen LogP contribution in [0.2, 0.25) is 0 Å². The van der Waals surface area contributed by atoms with Crippen molar-refractivity contribution in [2.24, 2.45) is 0 Å². The van der Waals surface area contributed by atoms with E-state index in [0.29, 0.717) is 26.2 Å². The Morgan fingerprint density at radius 1 is 0.455 bits per heavy atom. The van der Waals surface area contributed by atoms with Gasteiger partial charge in [-0.15, -0.1) is 0 Å². The molecule has 0 amide bonds. The molecule has 2 N–H and O–H groups in total. The van der Waals surface area contributed by atoms with E-state index in [4.69, 9.17) is 0 Å². The average Bonchev–Trinajstić information content (AvgIpc) is 3.44. The summed E-state index contributed by atoms with van der Waals surface area (Å²) >= 11 is 14.5. The molecule has 1 aliphatic rings. The largest absolute Gasteiger partial charge is 0.390 e. The SMILES string of the molecule is O[C@H](CN1CCN(C[C@H](O)Cn2c3ccc(Br)cc3c3cc(Br)ccc32)CC1)Cn1c2ccc(Br)cc2c2cc(Br)ccc21. The minimum atomic E-state index is -0.492. The molecule has 7 rings (SSSR count). The molecule has 0 spiro atoms. The van der Waals surface area contributed by atoms with Crippen LogP contribution in [0.1, 0.15) is 0 Å². The number of aliphatic hydroxyl groups is 2. The number of nitrogens with zero attached hydrogens (tertiary/aromatic N) is 4. The number of hydrogen-bond acceptors (Lipinski definition) is 4. The van der Waals surface area contributed by atoms with Crippen LogP contribution in [0.4, 0.5) is 0 Å². The highest BCUT2D eigenvalue weighted by Crippen LogP contribution is 2.34. The van der Waals surface area contributed by atoms with E-state index in [1.54, 1.807) is 0 Å². The van der Waals surface area contributed by atoms with Gasteiger partial charge in [-0.2, -0.15) is 0 Å². The molecular weight excluding hydrogens is 816 g/mol. The second-order valence-corrected chi connectivity index (χ2v) is 15.4. The van der Waals surface area contributed by atoms with Gasteiger partial charge >= 0.3 is 0 Å². The first-order chi connectivity index (χ1) is 21.2. The highest BCUT2D eigenvalue weighted by Gasteiger charge is 2.23. The first kappa shape index (κ1) is 30.9. The predicted molar refractivity (Wildman–Crippen MR) is 195 cm³/mol. The van der Waals surface area contributed by atoms with Crippen molar-refractivity contribution < 1.29 is 10.2 Å². The molecule has 0 radical (unpaired) electrons. The maximum absolute atomic E-state index is 11.2. The van der Waals surface area contributed by atoms with Gasteiger partial charge in [-0.05, 0) is 72.8 Å². The Kier molecular flexibility index (Phi) is 8.98. The smallest absolute Gasteiger partial charge is 0.0845 e. The van der Waals surface area contributed by atoms with Crippen LogP contribution in [-0.4, -0.2) is 80.6 Å². The highest BCUT2D eigenvalue weighted by atomic mass is 79.9. The number of β-amino-alcohol motifs (C(OH)–C–C–N with tert-alkyl or cyclic N) is 2. The second kappa shape index (κ2) is 12.8. The van der Waals surface area contributed by atoms with Crippen molar-refractivity contribution in [1.82, 2.24) is 18.9 Å². The van der Waals surface area contributed by atoms with E-state index in [9.17, 15) is 10.2 Å². The molecule has 6 aromatic rings. The Balaban J connectivity index is 0.983. The van der Waals surface area contributed by atoms with Crippen LogP contribution in [0.15, 0.2) is 90.7 Å². The van der Waals surface area contributed by atoms with Crippen molar-refractivity contribution in [3.63, 3.8) is 0 Å². The minimum Gasteiger partial charge on any atom is -0.390 e. The molecule has 3 heterocycles. The summed E-state index contributed by atoms with van der Waals surface area (Å²) in [5.41, 5.74) is 4.51. The van der Waals surface area contributed by atoms with E-state index >= 15 is 0 Å². The molecule has 1 saturated heterocycles. The van der Waals surface area contributed by atoms with Gasteiger partial charge in [0.2, 0.25) is 0 Å². The lowest BCUT2D eigenvalue weighted by Gasteiger charge is -2.36. The third kappa shape index (κ3) is 6.17. The molecule has 44 heavy (non-hydrogen) atoms. The van der Waals surface area contributed by atoms with Gasteiger partial charge in [-0.25, -0.2) is 0 Å². The van der Waals surface area contributed by atoms with Crippen LogP contribution in [0, 0.1) is 0 Å². The van der Waals surface area contributed by atoms with Crippen LogP contribution in [0.5, 0.6) is 0 Å². The van der Waals surface area contributed by atoms with E-state index in [1.165, 1.54) is 21.5 Å². The van der Waals surface area contributed by atoms with Crippen molar-refractivity contribution >= 4 is 107 Å². The van der Waals surface area contributed by atoms with Gasteiger partial charge in [-0.3, -0.25) is 9.80 Å². The third-order valence-corrected chi connectivity index (χ3v) is 10.7. The fourth-order valence-electron chi connectivity index (χ4n) is 6.78. The quantitative estimate of drug-likeness (QED) is 0.163. The van der Waals surface area contributed by atoms with Crippen molar-refractivity contribution in [2.45, 2.75) is 25.3 Å². The molecule has 1 aliphatic heterocycles. The van der Waals surface area contributed by atoms with E-state index in [-0.39, 0.29) is 0 Å². The van der Waals surface area contributed by atoms with Crippen LogP contribution in [-0.2, 0) is 13.1 Å². The molecule has 10 heteroatoms. The minimum absolute atomic E-state index is 0.492. The fraction of sp³-hybridized carbons (Fsp3) is 0.294. The molecule has 0 unspecified atom stereocenters. The number of aromatic nitrogens is 2. The monoisotopic (exact) mass is 844 g/mol. The number of aliphatic hydroxyl groups excluding tert-OH is 2. The number of hydrogen-bond donors (Lipinski definition) is 2. The Hall–Kier alpha value is -1.76. The summed E-state index contributed by atoms with van der Waals surface area (Å²) in [5, 5.41) is 27.2. The molecule has 2 aromatic heterocycles. The average molecular weight is 848 g/mol. The van der Waals surface area contributed by atoms with Crippen LogP contribution in [0.3, 0.4) is 0 Å². The zero-order valence-corrected chi connectivity index (χ0v) is 30.3. The van der Waals surface area contributed by atoms with Gasteiger partial charge in [0.1, 0.15) is 0 Å². The Morgan fingerprint density at radius 3 is 1.00 bits per heavy atom. The molecule has 228 valence electrons. The standard InChI is InChI=1S/C34H32Br4N4O2/c35-21-1-5-31-27(13-21)28-14-22(36)2-6-32(28)41(31)19-25(43)17-39-9-11-40(12-10-39)18-26(44)20-42-33-7-3-23(37)15-29(33)30-16-24(38)4-8-34(30)42/h1-8,13-16,25-26,43-44H,9-12,17-20H2/t25-,26+. The van der Waals surface area contributed by atoms with E-state index in [1.807, 2.05) is 0 Å². The molecule has 2 atom stereocenters. The lowest BCUT2D eigenvalue weighted by Crippen LogP contribution is -2.50. The van der Waals surface area contributed by atoms with E-state index < -0.39 is 12.2 Å². The van der Waals surface area contributed by atoms with Crippen LogP contribution < -0.4 is 0 Å². The molecular formula is C34H32Br4N4O2. The van der Waals surface area contributed by atoms with Gasteiger partial charge in [0.15, 0.2) is 0 Å². The molecule has 0 saturated carbocycles. The van der Waals surface area contributed by atoms with E-state index in [0.717, 1.165) is 66.1 Å². The fourth-order valence-corrected chi connectivity index (χ4v) is 8.22. The summed E-state index contributed by atoms with van der Waals surface area (Å²) in [7, 11) is 0. The van der Waals surface area contributed by atoms with Gasteiger partial charge in [0.25, 0.3) is 0 Å². The maximum atomic E-state index is 11.2. The molecule has 4 aromatic carbocycles. The summed E-state index contributed by atoms with van der Waals surface area (Å²) in [6.45, 7) is 5.79. The highest BCUT2D eigenvalue weighted by molar-refractivity contribution is 9.11. The number of fused-ring (bicyclic) bond motifs is 6. The third-order valence-electron chi connectivity index (χ3n) is 8.77. The summed E-state index contributed by atoms with van der Waals surface area (Å²) in [4.78, 5) is 4.69. The summed E-state index contributed by atoms with van der Waals surface area (Å²) < 4.78 is 8.67. The van der Waals surface area contributed by atoms with Crippen molar-refractivity contribution in [1.29, 1.82) is 0 Å². The van der Waals surface area contributed by atoms with Crippen molar-refractivity contribution in [3.05, 3.63) is 90.7 Å². The number of benzene rings is 4. The molecule has 6 nitrogen and oxygen atoms in total. The first-order valence-corrected chi connectivity index (χ1v) is 18.0. The number of piperazine rings is 1. The Labute approximate surface area is 289 Å². The molecule has 1 fully saturated rings. The van der Waals surface area contributed by atoms with Gasteiger partial charge < -0.3 is 19.3 Å². The van der Waals surface area contributed by atoms with Gasteiger partial charge in [0, 0.05) is 101 Å². The zero-order chi connectivity index (χ0) is 30.5. The lowest BCUT2D eigenvalue weighted by molar-refractivity contribution is 0.0415. The molecule has 0 bridgehead atoms. The van der Waals surface area contributed by atoms with Crippen molar-refractivity contribution in [3.8, 4) is 0 Å². The zero-order valence-electron chi connectivity index (χ0n) is 23.9. The van der Waals surface area contributed by atoms with Crippen LogP contribution in [0.25, 0.3) is 43.6 Å². The topological polar surface area (TPSA) is 56.8 Å². The summed E-state index contributed by atoms with van der Waals surface area (Å²) in [6, 6.07) is 25.4. The first-order valence-electron chi connectivity index (χ1n) is 14.8. The van der Waals surface area contributed by atoms with Gasteiger partial charge in [0.05, 0.1) is 25.3 Å². The predicted octanol–water partition coefficient (Wildman–Crippen LogP) is 7.99. The van der Waals surface area contributed by atoms with Crippen molar-refractivity contribution in [2.75, 3.05) is 39.3 Å². The normalized spacial score (nSPS) is 16.5. The Bertz CT molecular complexity index is 1730. The van der Waals surface area contributed by atoms with Gasteiger partial charge in [-0.1, -0.05) is 63.7 Å². The second-order valence-electron chi connectivity index (χ2n) is 11.8. The number of halogens is 4. The maximum Gasteiger partial charge on any atom is 0.0845 e. The van der Waals surface area contributed by atoms with E-state index in [2.05, 4.69) is 155 Å². The van der Waals surface area contributed by atoms with Crippen LogP contribution >= 0.6 is 63.7 Å². The summed E-state index contributed by atoms with van der Waals surface area (Å²) in [5.74, 6) is 0. The number of rotatable bonds is 8. The lowest BCUT2D eigenvalue weighted by atomic mass is 10.2. The molecule has 0 aliphatic carbocycles.